The zero-order chi connectivity index (χ0) is 18.4. The van der Waals surface area contributed by atoms with Gasteiger partial charge in [0.25, 0.3) is 0 Å². The molecule has 3 heterocycles. The van der Waals surface area contributed by atoms with Crippen LogP contribution >= 0.6 is 24.0 Å². The van der Waals surface area contributed by atoms with Crippen molar-refractivity contribution in [2.45, 2.75) is 49.9 Å². The SMILES string of the molecule is CN(C)C(=O)CN=C(NCC1CCCO1)NC1CCOC2(CCOC2)C1.I. The van der Waals surface area contributed by atoms with Crippen LogP contribution in [0.3, 0.4) is 0 Å². The lowest BCUT2D eigenvalue weighted by molar-refractivity contribution is -0.127. The molecule has 3 aliphatic heterocycles. The summed E-state index contributed by atoms with van der Waals surface area (Å²) in [6, 6.07) is 0.260. The summed E-state index contributed by atoms with van der Waals surface area (Å²) in [6.07, 6.45) is 5.15. The molecular formula is C18H33IN4O4. The van der Waals surface area contributed by atoms with E-state index in [2.05, 4.69) is 15.6 Å². The number of halogens is 1. The Hall–Kier alpha value is -0.650. The third-order valence-corrected chi connectivity index (χ3v) is 5.29. The Bertz CT molecular complexity index is 506. The molecule has 0 bridgehead atoms. The molecule has 8 nitrogen and oxygen atoms in total. The van der Waals surface area contributed by atoms with E-state index in [1.165, 1.54) is 0 Å². The molecule has 1 amide bonds. The minimum absolute atomic E-state index is 0. The first kappa shape index (κ1) is 22.6. The van der Waals surface area contributed by atoms with E-state index in [0.717, 1.165) is 51.9 Å². The van der Waals surface area contributed by atoms with Gasteiger partial charge in [0.05, 0.1) is 18.3 Å². The van der Waals surface area contributed by atoms with Gasteiger partial charge in [0, 0.05) is 52.9 Å². The van der Waals surface area contributed by atoms with Gasteiger partial charge in [-0.3, -0.25) is 4.79 Å². The van der Waals surface area contributed by atoms with Gasteiger partial charge in [0.2, 0.25) is 5.91 Å². The van der Waals surface area contributed by atoms with Crippen LogP contribution in [0.4, 0.5) is 0 Å². The van der Waals surface area contributed by atoms with Crippen molar-refractivity contribution in [1.82, 2.24) is 15.5 Å². The molecule has 3 saturated heterocycles. The summed E-state index contributed by atoms with van der Waals surface area (Å²) in [5.74, 6) is 0.660. The molecule has 2 N–H and O–H groups in total. The van der Waals surface area contributed by atoms with E-state index in [4.69, 9.17) is 14.2 Å². The molecule has 0 aromatic rings. The first-order valence-corrected chi connectivity index (χ1v) is 9.65. The molecule has 3 atom stereocenters. The van der Waals surface area contributed by atoms with Gasteiger partial charge in [-0.1, -0.05) is 0 Å². The summed E-state index contributed by atoms with van der Waals surface area (Å²) >= 11 is 0. The van der Waals surface area contributed by atoms with Crippen molar-refractivity contribution >= 4 is 35.8 Å². The Morgan fingerprint density at radius 2 is 2.11 bits per heavy atom. The zero-order valence-electron chi connectivity index (χ0n) is 16.4. The average molecular weight is 496 g/mol. The predicted octanol–water partition coefficient (Wildman–Crippen LogP) is 0.745. The third-order valence-electron chi connectivity index (χ3n) is 5.29. The van der Waals surface area contributed by atoms with Crippen LogP contribution in [0.25, 0.3) is 0 Å². The molecule has 0 aromatic heterocycles. The lowest BCUT2D eigenvalue weighted by atomic mass is 9.90. The Morgan fingerprint density at radius 3 is 2.78 bits per heavy atom. The Balaban J connectivity index is 0.00000261. The van der Waals surface area contributed by atoms with E-state index in [9.17, 15) is 4.79 Å². The van der Waals surface area contributed by atoms with E-state index in [1.54, 1.807) is 19.0 Å². The molecule has 3 rings (SSSR count). The van der Waals surface area contributed by atoms with E-state index >= 15 is 0 Å². The first-order valence-electron chi connectivity index (χ1n) is 9.65. The number of nitrogens with zero attached hydrogens (tertiary/aromatic N) is 2. The predicted molar refractivity (Wildman–Crippen MR) is 114 cm³/mol. The summed E-state index contributed by atoms with van der Waals surface area (Å²) in [5, 5.41) is 6.86. The molecule has 0 aromatic carbocycles. The number of aliphatic imine (C=N–C) groups is 1. The second-order valence-electron chi connectivity index (χ2n) is 7.64. The molecule has 3 unspecified atom stereocenters. The van der Waals surface area contributed by atoms with E-state index < -0.39 is 0 Å². The van der Waals surface area contributed by atoms with Crippen molar-refractivity contribution in [1.29, 1.82) is 0 Å². The monoisotopic (exact) mass is 496 g/mol. The number of carbonyl (C=O) groups is 1. The van der Waals surface area contributed by atoms with Crippen LogP contribution in [-0.2, 0) is 19.0 Å². The number of amides is 1. The highest BCUT2D eigenvalue weighted by Gasteiger charge is 2.41. The second kappa shape index (κ2) is 10.8. The largest absolute Gasteiger partial charge is 0.378 e. The van der Waals surface area contributed by atoms with Crippen molar-refractivity contribution in [3.63, 3.8) is 0 Å². The lowest BCUT2D eigenvalue weighted by Gasteiger charge is -2.38. The molecule has 3 aliphatic rings. The lowest BCUT2D eigenvalue weighted by Crippen LogP contribution is -2.52. The van der Waals surface area contributed by atoms with Crippen molar-refractivity contribution < 1.29 is 19.0 Å². The van der Waals surface area contributed by atoms with Crippen LogP contribution < -0.4 is 10.6 Å². The maximum atomic E-state index is 11.9. The molecule has 0 saturated carbocycles. The van der Waals surface area contributed by atoms with Gasteiger partial charge in [0.1, 0.15) is 6.54 Å². The number of rotatable bonds is 5. The fourth-order valence-electron chi connectivity index (χ4n) is 3.66. The molecule has 27 heavy (non-hydrogen) atoms. The normalized spacial score (nSPS) is 30.8. The van der Waals surface area contributed by atoms with Gasteiger partial charge >= 0.3 is 0 Å². The third kappa shape index (κ3) is 6.72. The summed E-state index contributed by atoms with van der Waals surface area (Å²) in [4.78, 5) is 18.0. The Kier molecular flexibility index (Phi) is 9.03. The molecule has 0 radical (unpaired) electrons. The smallest absolute Gasteiger partial charge is 0.243 e. The molecule has 3 fully saturated rings. The highest BCUT2D eigenvalue weighted by Crippen LogP contribution is 2.32. The van der Waals surface area contributed by atoms with E-state index in [-0.39, 0.29) is 54.2 Å². The number of carbonyl (C=O) groups excluding carboxylic acids is 1. The van der Waals surface area contributed by atoms with Crippen molar-refractivity contribution in [3.05, 3.63) is 0 Å². The van der Waals surface area contributed by atoms with Crippen LogP contribution in [0.1, 0.15) is 32.1 Å². The summed E-state index contributed by atoms with van der Waals surface area (Å²) in [6.45, 7) is 3.82. The molecule has 156 valence electrons. The molecular weight excluding hydrogens is 463 g/mol. The molecule has 9 heteroatoms. The van der Waals surface area contributed by atoms with Crippen LogP contribution in [0.15, 0.2) is 4.99 Å². The topological polar surface area (TPSA) is 84.4 Å². The van der Waals surface area contributed by atoms with E-state index in [1.807, 2.05) is 0 Å². The summed E-state index contributed by atoms with van der Waals surface area (Å²) in [7, 11) is 3.49. The van der Waals surface area contributed by atoms with Crippen LogP contribution in [0.2, 0.25) is 0 Å². The van der Waals surface area contributed by atoms with Crippen molar-refractivity contribution in [2.24, 2.45) is 4.99 Å². The average Bonchev–Trinajstić information content (AvgIpc) is 3.29. The van der Waals surface area contributed by atoms with Gasteiger partial charge in [-0.25, -0.2) is 4.99 Å². The number of likely N-dealkylation sites (N-methyl/N-ethyl adjacent to an activating group) is 1. The number of guanidine groups is 1. The van der Waals surface area contributed by atoms with Crippen LogP contribution in [0.5, 0.6) is 0 Å². The maximum absolute atomic E-state index is 11.9. The van der Waals surface area contributed by atoms with Gasteiger partial charge in [-0.15, -0.1) is 24.0 Å². The van der Waals surface area contributed by atoms with Crippen molar-refractivity contribution in [2.75, 3.05) is 53.6 Å². The van der Waals surface area contributed by atoms with Gasteiger partial charge in [-0.2, -0.15) is 0 Å². The van der Waals surface area contributed by atoms with Gasteiger partial charge in [-0.05, 0) is 25.7 Å². The molecule has 1 spiro atoms. The fraction of sp³-hybridized carbons (Fsp3) is 0.889. The number of nitrogens with one attached hydrogen (secondary N) is 2. The number of hydrogen-bond acceptors (Lipinski definition) is 5. The Morgan fingerprint density at radius 1 is 1.26 bits per heavy atom. The van der Waals surface area contributed by atoms with Crippen LogP contribution in [0, 0.1) is 0 Å². The Labute approximate surface area is 178 Å². The fourth-order valence-corrected chi connectivity index (χ4v) is 3.66. The highest BCUT2D eigenvalue weighted by atomic mass is 127. The standard InChI is InChI=1S/C18H32N4O4.HI/c1-22(2)16(23)12-20-17(19-11-15-4-3-7-25-15)21-14-5-8-26-18(10-14)6-9-24-13-18;/h14-15H,3-13H2,1-2H3,(H2,19,20,21);1H. The summed E-state index contributed by atoms with van der Waals surface area (Å²) in [5.41, 5.74) is -0.158. The first-order chi connectivity index (χ1) is 12.6. The minimum atomic E-state index is -0.158. The van der Waals surface area contributed by atoms with Gasteiger partial charge in [0.15, 0.2) is 5.96 Å². The van der Waals surface area contributed by atoms with Crippen molar-refractivity contribution in [3.8, 4) is 0 Å². The quantitative estimate of drug-likeness (QED) is 0.332. The molecule has 0 aliphatic carbocycles. The number of ether oxygens (including phenoxy) is 3. The minimum Gasteiger partial charge on any atom is -0.378 e. The highest BCUT2D eigenvalue weighted by molar-refractivity contribution is 14.0. The number of hydrogen-bond donors (Lipinski definition) is 2. The van der Waals surface area contributed by atoms with Gasteiger partial charge < -0.3 is 29.7 Å². The second-order valence-corrected chi connectivity index (χ2v) is 7.64. The summed E-state index contributed by atoms with van der Waals surface area (Å²) < 4.78 is 17.2. The van der Waals surface area contributed by atoms with Crippen LogP contribution in [-0.4, -0.2) is 88.1 Å². The zero-order valence-corrected chi connectivity index (χ0v) is 18.7. The van der Waals surface area contributed by atoms with E-state index in [0.29, 0.717) is 19.1 Å². The maximum Gasteiger partial charge on any atom is 0.243 e.